The van der Waals surface area contributed by atoms with E-state index in [1.54, 1.807) is 0 Å². The molecule has 1 aromatic carbocycles. The summed E-state index contributed by atoms with van der Waals surface area (Å²) < 4.78 is 53.8. The van der Waals surface area contributed by atoms with Gasteiger partial charge in [-0.1, -0.05) is 49.6 Å². The fraction of sp³-hybridized carbons (Fsp3) is 0.471. The number of sulfonamides is 1. The molecule has 1 N–H and O–H groups in total. The molecule has 0 radical (unpaired) electrons. The Kier molecular flexibility index (Phi) is 5.48. The SMILES string of the molecule is O=S(=O)(N[C@@H](CC1CCC1)c1ccccc1)c1cnn(CC(F)F)c1. The van der Waals surface area contributed by atoms with Crippen LogP contribution >= 0.6 is 0 Å². The van der Waals surface area contributed by atoms with Gasteiger partial charge >= 0.3 is 0 Å². The van der Waals surface area contributed by atoms with Gasteiger partial charge in [-0.25, -0.2) is 21.9 Å². The van der Waals surface area contributed by atoms with Crippen LogP contribution in [0.3, 0.4) is 0 Å². The van der Waals surface area contributed by atoms with Gasteiger partial charge in [-0.05, 0) is 17.9 Å². The van der Waals surface area contributed by atoms with E-state index in [1.165, 1.54) is 6.42 Å². The Labute approximate surface area is 146 Å². The minimum absolute atomic E-state index is 0.0947. The second kappa shape index (κ2) is 7.61. The number of nitrogens with zero attached hydrogens (tertiary/aromatic N) is 2. The van der Waals surface area contributed by atoms with E-state index in [-0.39, 0.29) is 10.9 Å². The Morgan fingerprint density at radius 1 is 1.24 bits per heavy atom. The van der Waals surface area contributed by atoms with E-state index in [0.717, 1.165) is 41.9 Å². The van der Waals surface area contributed by atoms with Gasteiger partial charge in [-0.15, -0.1) is 0 Å². The molecule has 0 amide bonds. The lowest BCUT2D eigenvalue weighted by atomic mass is 9.80. The number of benzene rings is 1. The molecule has 25 heavy (non-hydrogen) atoms. The standard InChI is InChI=1S/C17H21F2N3O2S/c18-17(19)12-22-11-15(10-20-22)25(23,24)21-16(9-13-5-4-6-13)14-7-2-1-3-8-14/h1-3,7-8,10-11,13,16-17,21H,4-6,9,12H2/t16-/m0/s1. The van der Waals surface area contributed by atoms with Gasteiger partial charge in [0, 0.05) is 12.2 Å². The molecule has 0 saturated heterocycles. The maximum Gasteiger partial charge on any atom is 0.257 e. The van der Waals surface area contributed by atoms with Crippen LogP contribution in [-0.4, -0.2) is 24.6 Å². The summed E-state index contributed by atoms with van der Waals surface area (Å²) in [6, 6.07) is 9.08. The number of hydrogen-bond donors (Lipinski definition) is 1. The number of halogens is 2. The van der Waals surface area contributed by atoms with Crippen LogP contribution in [0.15, 0.2) is 47.6 Å². The van der Waals surface area contributed by atoms with Crippen LogP contribution in [0.25, 0.3) is 0 Å². The molecule has 136 valence electrons. The molecule has 0 unspecified atom stereocenters. The Hall–Kier alpha value is -1.80. The Morgan fingerprint density at radius 3 is 2.56 bits per heavy atom. The molecule has 1 aromatic heterocycles. The summed E-state index contributed by atoms with van der Waals surface area (Å²) in [5, 5.41) is 3.71. The number of hydrogen-bond acceptors (Lipinski definition) is 3. The maximum atomic E-state index is 12.7. The van der Waals surface area contributed by atoms with E-state index in [2.05, 4.69) is 9.82 Å². The molecule has 1 aliphatic rings. The molecule has 3 rings (SSSR count). The summed E-state index contributed by atoms with van der Waals surface area (Å²) in [7, 11) is -3.83. The second-order valence-electron chi connectivity index (χ2n) is 6.41. The molecule has 1 heterocycles. The van der Waals surface area contributed by atoms with Crippen LogP contribution in [0.5, 0.6) is 0 Å². The zero-order valence-electron chi connectivity index (χ0n) is 13.7. The molecule has 5 nitrogen and oxygen atoms in total. The van der Waals surface area contributed by atoms with Crippen molar-refractivity contribution in [1.29, 1.82) is 0 Å². The average Bonchev–Trinajstić information content (AvgIpc) is 2.99. The zero-order valence-corrected chi connectivity index (χ0v) is 14.5. The van der Waals surface area contributed by atoms with Gasteiger partial charge < -0.3 is 0 Å². The average molecular weight is 369 g/mol. The summed E-state index contributed by atoms with van der Waals surface area (Å²) in [4.78, 5) is -0.0947. The zero-order chi connectivity index (χ0) is 17.9. The predicted octanol–water partition coefficient (Wildman–Crippen LogP) is 3.36. The van der Waals surface area contributed by atoms with Crippen molar-refractivity contribution in [3.8, 4) is 0 Å². The van der Waals surface area contributed by atoms with Crippen molar-refractivity contribution in [2.45, 2.75) is 49.6 Å². The van der Waals surface area contributed by atoms with Crippen molar-refractivity contribution in [2.24, 2.45) is 5.92 Å². The minimum Gasteiger partial charge on any atom is -0.266 e. The molecular formula is C17H21F2N3O2S. The highest BCUT2D eigenvalue weighted by Crippen LogP contribution is 2.35. The topological polar surface area (TPSA) is 64.0 Å². The van der Waals surface area contributed by atoms with Gasteiger partial charge in [0.05, 0.1) is 6.20 Å². The first-order valence-corrected chi connectivity index (χ1v) is 9.80. The Bertz CT molecular complexity index is 789. The number of alkyl halides is 2. The van der Waals surface area contributed by atoms with Crippen LogP contribution < -0.4 is 4.72 Å². The summed E-state index contributed by atoms with van der Waals surface area (Å²) >= 11 is 0. The van der Waals surface area contributed by atoms with Gasteiger partial charge in [0.1, 0.15) is 11.4 Å². The number of rotatable bonds is 8. The van der Waals surface area contributed by atoms with E-state index in [0.29, 0.717) is 5.92 Å². The van der Waals surface area contributed by atoms with Crippen molar-refractivity contribution < 1.29 is 17.2 Å². The third-order valence-corrected chi connectivity index (χ3v) is 5.96. The fourth-order valence-corrected chi connectivity index (χ4v) is 4.17. The highest BCUT2D eigenvalue weighted by molar-refractivity contribution is 7.89. The van der Waals surface area contributed by atoms with Crippen LogP contribution in [0.1, 0.15) is 37.3 Å². The van der Waals surface area contributed by atoms with Crippen molar-refractivity contribution in [2.75, 3.05) is 0 Å². The molecule has 1 fully saturated rings. The lowest BCUT2D eigenvalue weighted by molar-refractivity contribution is 0.121. The summed E-state index contributed by atoms with van der Waals surface area (Å²) in [5.74, 6) is 0.509. The Morgan fingerprint density at radius 2 is 1.96 bits per heavy atom. The second-order valence-corrected chi connectivity index (χ2v) is 8.12. The van der Waals surface area contributed by atoms with E-state index in [1.807, 2.05) is 30.3 Å². The lowest BCUT2D eigenvalue weighted by Gasteiger charge is -2.30. The molecule has 0 spiro atoms. The largest absolute Gasteiger partial charge is 0.266 e. The van der Waals surface area contributed by atoms with E-state index >= 15 is 0 Å². The summed E-state index contributed by atoms with van der Waals surface area (Å²) in [5.41, 5.74) is 0.901. The first-order valence-electron chi connectivity index (χ1n) is 8.32. The fourth-order valence-electron chi connectivity index (χ4n) is 2.98. The maximum absolute atomic E-state index is 12.7. The first-order chi connectivity index (χ1) is 11.9. The molecule has 1 aliphatic carbocycles. The molecular weight excluding hydrogens is 348 g/mol. The van der Waals surface area contributed by atoms with Crippen molar-refractivity contribution in [3.63, 3.8) is 0 Å². The van der Waals surface area contributed by atoms with Crippen molar-refractivity contribution in [1.82, 2.24) is 14.5 Å². The normalized spacial score (nSPS) is 16.8. The third-order valence-electron chi connectivity index (χ3n) is 4.54. The molecule has 8 heteroatoms. The monoisotopic (exact) mass is 369 g/mol. The molecule has 1 atom stereocenters. The minimum atomic E-state index is -3.83. The number of nitrogens with one attached hydrogen (secondary N) is 1. The smallest absolute Gasteiger partial charge is 0.257 e. The van der Waals surface area contributed by atoms with Crippen molar-refractivity contribution in [3.05, 3.63) is 48.3 Å². The van der Waals surface area contributed by atoms with Crippen LogP contribution in [0.4, 0.5) is 8.78 Å². The van der Waals surface area contributed by atoms with Gasteiger partial charge in [0.2, 0.25) is 10.0 Å². The molecule has 1 saturated carbocycles. The van der Waals surface area contributed by atoms with Gasteiger partial charge in [0.15, 0.2) is 0 Å². The highest BCUT2D eigenvalue weighted by atomic mass is 32.2. The van der Waals surface area contributed by atoms with Crippen LogP contribution in [0.2, 0.25) is 0 Å². The van der Waals surface area contributed by atoms with E-state index < -0.39 is 23.0 Å². The summed E-state index contributed by atoms with van der Waals surface area (Å²) in [6.45, 7) is -0.625. The molecule has 0 bridgehead atoms. The van der Waals surface area contributed by atoms with Crippen molar-refractivity contribution >= 4 is 10.0 Å². The molecule has 2 aromatic rings. The van der Waals surface area contributed by atoms with Crippen LogP contribution in [-0.2, 0) is 16.6 Å². The predicted molar refractivity (Wildman–Crippen MR) is 89.7 cm³/mol. The van der Waals surface area contributed by atoms with Crippen LogP contribution in [0, 0.1) is 5.92 Å². The Balaban J connectivity index is 1.78. The lowest BCUT2D eigenvalue weighted by Crippen LogP contribution is -2.31. The van der Waals surface area contributed by atoms with E-state index in [9.17, 15) is 17.2 Å². The summed E-state index contributed by atoms with van der Waals surface area (Å²) in [6.07, 6.45) is 3.79. The highest BCUT2D eigenvalue weighted by Gasteiger charge is 2.28. The van der Waals surface area contributed by atoms with Gasteiger partial charge in [-0.2, -0.15) is 5.10 Å². The molecule has 0 aliphatic heterocycles. The quantitative estimate of drug-likeness (QED) is 0.776. The number of aromatic nitrogens is 2. The van der Waals surface area contributed by atoms with Gasteiger partial charge in [0.25, 0.3) is 6.43 Å². The third kappa shape index (κ3) is 4.64. The first kappa shape index (κ1) is 18.0. The van der Waals surface area contributed by atoms with Gasteiger partial charge in [-0.3, -0.25) is 4.68 Å². The van der Waals surface area contributed by atoms with E-state index in [4.69, 9.17) is 0 Å².